The lowest BCUT2D eigenvalue weighted by molar-refractivity contribution is 1.14. The smallest absolute Gasteiger partial charge is 0.0852 e. The summed E-state index contributed by atoms with van der Waals surface area (Å²) in [7, 11) is 0. The van der Waals surface area contributed by atoms with E-state index >= 15 is 0 Å². The molecular formula is C18H14BrCl. The third kappa shape index (κ3) is 2.48. The van der Waals surface area contributed by atoms with Crippen LogP contribution in [0.25, 0.3) is 10.8 Å². The first-order valence-electron chi connectivity index (χ1n) is 6.54. The molecule has 0 amide bonds. The Morgan fingerprint density at radius 2 is 1.65 bits per heavy atom. The zero-order chi connectivity index (χ0) is 14.1. The molecule has 0 aliphatic rings. The molecule has 20 heavy (non-hydrogen) atoms. The monoisotopic (exact) mass is 344 g/mol. The zero-order valence-corrected chi connectivity index (χ0v) is 13.4. The maximum Gasteiger partial charge on any atom is 0.0852 e. The lowest BCUT2D eigenvalue weighted by atomic mass is 9.97. The number of hydrogen-bond donors (Lipinski definition) is 0. The molecular weight excluding hydrogens is 332 g/mol. The minimum atomic E-state index is -0.157. The molecule has 2 heteroatoms. The Labute approximate surface area is 132 Å². The normalized spacial score (nSPS) is 12.6. The molecule has 100 valence electrons. The quantitative estimate of drug-likeness (QED) is 0.482. The second-order valence-corrected chi connectivity index (χ2v) is 6.25. The fourth-order valence-corrected chi connectivity index (χ4v) is 3.47. The average Bonchev–Trinajstić information content (AvgIpc) is 2.48. The van der Waals surface area contributed by atoms with Gasteiger partial charge in [0, 0.05) is 4.47 Å². The molecule has 0 spiro atoms. The number of hydrogen-bond acceptors (Lipinski definition) is 0. The summed E-state index contributed by atoms with van der Waals surface area (Å²) in [5.74, 6) is 0. The predicted molar refractivity (Wildman–Crippen MR) is 90.5 cm³/mol. The van der Waals surface area contributed by atoms with Crippen molar-refractivity contribution in [2.75, 3.05) is 0 Å². The van der Waals surface area contributed by atoms with E-state index in [1.807, 2.05) is 0 Å². The van der Waals surface area contributed by atoms with Gasteiger partial charge in [-0.25, -0.2) is 0 Å². The standard InChI is InChI=1S/C18H14BrCl/c1-12-9-10-17(19)16(11-12)18(20)15-8-4-6-13-5-2-3-7-14(13)15/h2-11,18H,1H3. The van der Waals surface area contributed by atoms with E-state index in [4.69, 9.17) is 11.6 Å². The van der Waals surface area contributed by atoms with Crippen molar-refractivity contribution in [1.29, 1.82) is 0 Å². The van der Waals surface area contributed by atoms with Gasteiger partial charge in [0.2, 0.25) is 0 Å². The van der Waals surface area contributed by atoms with E-state index in [0.717, 1.165) is 15.6 Å². The van der Waals surface area contributed by atoms with Gasteiger partial charge in [0.15, 0.2) is 0 Å². The van der Waals surface area contributed by atoms with Crippen LogP contribution in [0.4, 0.5) is 0 Å². The van der Waals surface area contributed by atoms with Crippen LogP contribution < -0.4 is 0 Å². The average molecular weight is 346 g/mol. The molecule has 0 heterocycles. The minimum absolute atomic E-state index is 0.157. The fraction of sp³-hybridized carbons (Fsp3) is 0.111. The summed E-state index contributed by atoms with van der Waals surface area (Å²) < 4.78 is 1.05. The van der Waals surface area contributed by atoms with Crippen LogP contribution in [0.15, 0.2) is 65.1 Å². The summed E-state index contributed by atoms with van der Waals surface area (Å²) in [6.07, 6.45) is 0. The summed E-state index contributed by atoms with van der Waals surface area (Å²) in [6, 6.07) is 20.9. The first-order chi connectivity index (χ1) is 9.66. The van der Waals surface area contributed by atoms with E-state index < -0.39 is 0 Å². The first-order valence-corrected chi connectivity index (χ1v) is 7.77. The van der Waals surface area contributed by atoms with Gasteiger partial charge >= 0.3 is 0 Å². The summed E-state index contributed by atoms with van der Waals surface area (Å²) >= 11 is 10.4. The van der Waals surface area contributed by atoms with Crippen molar-refractivity contribution in [3.05, 3.63) is 81.8 Å². The van der Waals surface area contributed by atoms with Gasteiger partial charge in [0.25, 0.3) is 0 Å². The largest absolute Gasteiger partial charge is 0.113 e. The first kappa shape index (κ1) is 13.7. The highest BCUT2D eigenvalue weighted by molar-refractivity contribution is 9.10. The molecule has 0 aliphatic carbocycles. The molecule has 0 N–H and O–H groups in total. The van der Waals surface area contributed by atoms with Crippen LogP contribution in [0.5, 0.6) is 0 Å². The van der Waals surface area contributed by atoms with Crippen LogP contribution in [-0.2, 0) is 0 Å². The van der Waals surface area contributed by atoms with Gasteiger partial charge in [-0.1, -0.05) is 76.1 Å². The third-order valence-corrected chi connectivity index (χ3v) is 4.71. The van der Waals surface area contributed by atoms with E-state index in [-0.39, 0.29) is 5.38 Å². The molecule has 1 unspecified atom stereocenters. The molecule has 1 atom stereocenters. The van der Waals surface area contributed by atoms with Gasteiger partial charge in [-0.05, 0) is 34.9 Å². The lowest BCUT2D eigenvalue weighted by Crippen LogP contribution is -1.96. The van der Waals surface area contributed by atoms with Crippen LogP contribution in [0.1, 0.15) is 22.1 Å². The van der Waals surface area contributed by atoms with Crippen LogP contribution in [0.3, 0.4) is 0 Å². The Bertz CT molecular complexity index is 759. The SMILES string of the molecule is Cc1ccc(Br)c(C(Cl)c2cccc3ccccc23)c1. The molecule has 0 nitrogen and oxygen atoms in total. The lowest BCUT2D eigenvalue weighted by Gasteiger charge is -2.15. The third-order valence-electron chi connectivity index (χ3n) is 3.52. The number of fused-ring (bicyclic) bond motifs is 1. The van der Waals surface area contributed by atoms with Crippen molar-refractivity contribution in [3.63, 3.8) is 0 Å². The van der Waals surface area contributed by atoms with Crippen LogP contribution in [-0.4, -0.2) is 0 Å². The highest BCUT2D eigenvalue weighted by atomic mass is 79.9. The molecule has 3 rings (SSSR count). The Balaban J connectivity index is 2.17. The Morgan fingerprint density at radius 3 is 2.50 bits per heavy atom. The molecule has 0 fully saturated rings. The van der Waals surface area contributed by atoms with Gasteiger partial charge < -0.3 is 0 Å². The molecule has 3 aromatic carbocycles. The summed E-state index contributed by atoms with van der Waals surface area (Å²) in [5.41, 5.74) is 3.48. The van der Waals surface area contributed by atoms with Crippen molar-refractivity contribution in [2.24, 2.45) is 0 Å². The highest BCUT2D eigenvalue weighted by Crippen LogP contribution is 2.37. The molecule has 0 aliphatic heterocycles. The highest BCUT2D eigenvalue weighted by Gasteiger charge is 2.16. The Kier molecular flexibility index (Phi) is 3.82. The van der Waals surface area contributed by atoms with Gasteiger partial charge in [0.1, 0.15) is 0 Å². The van der Waals surface area contributed by atoms with E-state index in [1.165, 1.54) is 16.3 Å². The van der Waals surface area contributed by atoms with Crippen molar-refractivity contribution in [1.82, 2.24) is 0 Å². The van der Waals surface area contributed by atoms with Crippen molar-refractivity contribution >= 4 is 38.3 Å². The molecule has 0 saturated carbocycles. The Morgan fingerprint density at radius 1 is 0.900 bits per heavy atom. The van der Waals surface area contributed by atoms with E-state index in [1.54, 1.807) is 0 Å². The molecule has 3 aromatic rings. The van der Waals surface area contributed by atoms with Gasteiger partial charge in [-0.15, -0.1) is 11.6 Å². The van der Waals surface area contributed by atoms with Crippen molar-refractivity contribution in [3.8, 4) is 0 Å². The van der Waals surface area contributed by atoms with Crippen molar-refractivity contribution < 1.29 is 0 Å². The van der Waals surface area contributed by atoms with Crippen LogP contribution in [0.2, 0.25) is 0 Å². The van der Waals surface area contributed by atoms with E-state index in [9.17, 15) is 0 Å². The maximum atomic E-state index is 6.76. The number of benzene rings is 3. The number of aryl methyl sites for hydroxylation is 1. The number of halogens is 2. The topological polar surface area (TPSA) is 0 Å². The van der Waals surface area contributed by atoms with E-state index in [0.29, 0.717) is 0 Å². The molecule has 0 bridgehead atoms. The fourth-order valence-electron chi connectivity index (χ4n) is 2.50. The maximum absolute atomic E-state index is 6.76. The second-order valence-electron chi connectivity index (χ2n) is 4.96. The Hall–Kier alpha value is -1.31. The second kappa shape index (κ2) is 5.59. The number of alkyl halides is 1. The summed E-state index contributed by atoms with van der Waals surface area (Å²) in [4.78, 5) is 0. The molecule has 0 saturated heterocycles. The van der Waals surface area contributed by atoms with Crippen LogP contribution in [0, 0.1) is 6.92 Å². The van der Waals surface area contributed by atoms with Crippen molar-refractivity contribution in [2.45, 2.75) is 12.3 Å². The summed E-state index contributed by atoms with van der Waals surface area (Å²) in [5, 5.41) is 2.28. The zero-order valence-electron chi connectivity index (χ0n) is 11.1. The minimum Gasteiger partial charge on any atom is -0.113 e. The predicted octanol–water partition coefficient (Wildman–Crippen LogP) is 6.24. The van der Waals surface area contributed by atoms with Gasteiger partial charge in [0.05, 0.1) is 5.38 Å². The summed E-state index contributed by atoms with van der Waals surface area (Å²) in [6.45, 7) is 2.09. The number of rotatable bonds is 2. The molecule has 0 radical (unpaired) electrons. The van der Waals surface area contributed by atoms with E-state index in [2.05, 4.69) is 83.5 Å². The van der Waals surface area contributed by atoms with Gasteiger partial charge in [-0.3, -0.25) is 0 Å². The van der Waals surface area contributed by atoms with Crippen LogP contribution >= 0.6 is 27.5 Å². The molecule has 0 aromatic heterocycles. The van der Waals surface area contributed by atoms with Gasteiger partial charge in [-0.2, -0.15) is 0 Å².